The minimum atomic E-state index is -0.919. The van der Waals surface area contributed by atoms with Gasteiger partial charge >= 0.3 is 12.0 Å². The number of carbonyl (C=O) groups is 2. The highest BCUT2D eigenvalue weighted by Crippen LogP contribution is 2.18. The molecule has 6 nitrogen and oxygen atoms in total. The van der Waals surface area contributed by atoms with Gasteiger partial charge in [0.05, 0.1) is 13.0 Å². The summed E-state index contributed by atoms with van der Waals surface area (Å²) >= 11 is 0. The van der Waals surface area contributed by atoms with Gasteiger partial charge in [-0.25, -0.2) is 4.79 Å². The van der Waals surface area contributed by atoms with E-state index in [1.165, 1.54) is 4.90 Å². The third kappa shape index (κ3) is 4.98. The number of ether oxygens (including phenoxy) is 1. The van der Waals surface area contributed by atoms with Gasteiger partial charge in [-0.1, -0.05) is 19.1 Å². The van der Waals surface area contributed by atoms with Crippen molar-refractivity contribution in [1.29, 1.82) is 0 Å². The summed E-state index contributed by atoms with van der Waals surface area (Å²) < 4.78 is 5.23. The number of carbonyl (C=O) groups excluding carboxylic acids is 1. The zero-order valence-corrected chi connectivity index (χ0v) is 12.8. The number of rotatable bonds is 6. The Morgan fingerprint density at radius 3 is 2.67 bits per heavy atom. The van der Waals surface area contributed by atoms with Gasteiger partial charge in [0.25, 0.3) is 0 Å². The van der Waals surface area contributed by atoms with Crippen molar-refractivity contribution in [2.45, 2.75) is 20.4 Å². The summed E-state index contributed by atoms with van der Waals surface area (Å²) in [6.45, 7) is 4.04. The highest BCUT2D eigenvalue weighted by atomic mass is 16.5. The summed E-state index contributed by atoms with van der Waals surface area (Å²) in [5, 5.41) is 11.6. The lowest BCUT2D eigenvalue weighted by Gasteiger charge is -2.20. The van der Waals surface area contributed by atoms with Crippen LogP contribution in [0.4, 0.5) is 4.79 Å². The van der Waals surface area contributed by atoms with Gasteiger partial charge in [-0.2, -0.15) is 0 Å². The molecular formula is C15H22N2O4. The Bertz CT molecular complexity index is 516. The van der Waals surface area contributed by atoms with Crippen LogP contribution in [0.3, 0.4) is 0 Å². The second-order valence-corrected chi connectivity index (χ2v) is 5.08. The van der Waals surface area contributed by atoms with Crippen molar-refractivity contribution >= 4 is 12.0 Å². The van der Waals surface area contributed by atoms with E-state index in [0.29, 0.717) is 6.54 Å². The molecule has 1 unspecified atom stereocenters. The fourth-order valence-electron chi connectivity index (χ4n) is 1.86. The number of nitrogens with one attached hydrogen (secondary N) is 1. The first kappa shape index (κ1) is 16.8. The number of aryl methyl sites for hydroxylation is 1. The molecular weight excluding hydrogens is 272 g/mol. The average Bonchev–Trinajstić information content (AvgIpc) is 2.45. The van der Waals surface area contributed by atoms with Crippen LogP contribution in [0, 0.1) is 12.8 Å². The quantitative estimate of drug-likeness (QED) is 0.839. The average molecular weight is 294 g/mol. The molecule has 1 aromatic rings. The molecule has 0 saturated carbocycles. The van der Waals surface area contributed by atoms with Crippen molar-refractivity contribution in [1.82, 2.24) is 10.2 Å². The van der Waals surface area contributed by atoms with E-state index >= 15 is 0 Å². The van der Waals surface area contributed by atoms with Crippen molar-refractivity contribution < 1.29 is 19.4 Å². The van der Waals surface area contributed by atoms with Gasteiger partial charge in [0.2, 0.25) is 0 Å². The maximum Gasteiger partial charge on any atom is 0.317 e. The summed E-state index contributed by atoms with van der Waals surface area (Å²) in [5.74, 6) is -0.743. The topological polar surface area (TPSA) is 78.9 Å². The number of benzene rings is 1. The fraction of sp³-hybridized carbons (Fsp3) is 0.467. The Labute approximate surface area is 124 Å². The maximum atomic E-state index is 11.9. The normalized spacial score (nSPS) is 11.6. The third-order valence-corrected chi connectivity index (χ3v) is 3.23. The van der Waals surface area contributed by atoms with Gasteiger partial charge in [0.15, 0.2) is 0 Å². The molecule has 0 aromatic heterocycles. The van der Waals surface area contributed by atoms with Crippen LogP contribution in [0.2, 0.25) is 0 Å². The van der Waals surface area contributed by atoms with E-state index in [4.69, 9.17) is 9.84 Å². The monoisotopic (exact) mass is 294 g/mol. The standard InChI is InChI=1S/C15H22N2O4/c1-10-5-6-12(7-13(10)21-4)8-16-15(20)17(3)9-11(2)14(18)19/h5-7,11H,8-9H2,1-4H3,(H,16,20)(H,18,19). The van der Waals surface area contributed by atoms with E-state index in [1.54, 1.807) is 21.1 Å². The molecule has 0 aliphatic heterocycles. The van der Waals surface area contributed by atoms with Crippen LogP contribution < -0.4 is 10.1 Å². The number of carboxylic acids is 1. The van der Waals surface area contributed by atoms with Gasteiger partial charge in [0.1, 0.15) is 5.75 Å². The lowest BCUT2D eigenvalue weighted by atomic mass is 10.1. The van der Waals surface area contributed by atoms with Crippen molar-refractivity contribution in [3.05, 3.63) is 29.3 Å². The van der Waals surface area contributed by atoms with Crippen molar-refractivity contribution in [3.63, 3.8) is 0 Å². The van der Waals surface area contributed by atoms with E-state index in [1.807, 2.05) is 25.1 Å². The van der Waals surface area contributed by atoms with Crippen molar-refractivity contribution in [2.24, 2.45) is 5.92 Å². The molecule has 0 spiro atoms. The third-order valence-electron chi connectivity index (χ3n) is 3.23. The summed E-state index contributed by atoms with van der Waals surface area (Å²) in [6.07, 6.45) is 0. The molecule has 1 rings (SSSR count). The van der Waals surface area contributed by atoms with Gasteiger partial charge in [-0.15, -0.1) is 0 Å². The summed E-state index contributed by atoms with van der Waals surface area (Å²) in [4.78, 5) is 24.0. The molecule has 1 atom stereocenters. The Balaban J connectivity index is 2.54. The summed E-state index contributed by atoms with van der Waals surface area (Å²) in [5.41, 5.74) is 1.95. The van der Waals surface area contributed by atoms with Crippen LogP contribution in [0.15, 0.2) is 18.2 Å². The lowest BCUT2D eigenvalue weighted by molar-refractivity contribution is -0.141. The number of hydrogen-bond acceptors (Lipinski definition) is 3. The summed E-state index contributed by atoms with van der Waals surface area (Å²) in [6, 6.07) is 5.41. The van der Waals surface area contributed by atoms with Gasteiger partial charge < -0.3 is 20.1 Å². The molecule has 21 heavy (non-hydrogen) atoms. The molecule has 6 heteroatoms. The predicted octanol–water partition coefficient (Wildman–Crippen LogP) is 1.87. The van der Waals surface area contributed by atoms with E-state index < -0.39 is 11.9 Å². The zero-order chi connectivity index (χ0) is 16.0. The molecule has 0 bridgehead atoms. The van der Waals surface area contributed by atoms with Crippen LogP contribution in [0.5, 0.6) is 5.75 Å². The van der Waals surface area contributed by atoms with Crippen LogP contribution in [0.1, 0.15) is 18.1 Å². The van der Waals surface area contributed by atoms with E-state index in [2.05, 4.69) is 5.32 Å². The molecule has 1 aromatic carbocycles. The molecule has 0 aliphatic rings. The molecule has 116 valence electrons. The summed E-state index contributed by atoms with van der Waals surface area (Å²) in [7, 11) is 3.18. The Morgan fingerprint density at radius 1 is 1.43 bits per heavy atom. The first-order valence-corrected chi connectivity index (χ1v) is 6.70. The predicted molar refractivity (Wildman–Crippen MR) is 79.4 cm³/mol. The zero-order valence-electron chi connectivity index (χ0n) is 12.8. The van der Waals surface area contributed by atoms with E-state index in [-0.39, 0.29) is 12.6 Å². The minimum absolute atomic E-state index is 0.165. The highest BCUT2D eigenvalue weighted by Gasteiger charge is 2.17. The van der Waals surface area contributed by atoms with E-state index in [9.17, 15) is 9.59 Å². The fourth-order valence-corrected chi connectivity index (χ4v) is 1.86. The largest absolute Gasteiger partial charge is 0.496 e. The Morgan fingerprint density at radius 2 is 2.10 bits per heavy atom. The first-order valence-electron chi connectivity index (χ1n) is 6.70. The highest BCUT2D eigenvalue weighted by molar-refractivity contribution is 5.75. The number of carboxylic acid groups (broad SMARTS) is 1. The number of amides is 2. The SMILES string of the molecule is COc1cc(CNC(=O)N(C)CC(C)C(=O)O)ccc1C. The van der Waals surface area contributed by atoms with E-state index in [0.717, 1.165) is 16.9 Å². The smallest absolute Gasteiger partial charge is 0.317 e. The van der Waals surface area contributed by atoms with Crippen LogP contribution in [0.25, 0.3) is 0 Å². The lowest BCUT2D eigenvalue weighted by Crippen LogP contribution is -2.40. The number of nitrogens with zero attached hydrogens (tertiary/aromatic N) is 1. The molecule has 0 saturated heterocycles. The second-order valence-electron chi connectivity index (χ2n) is 5.08. The maximum absolute atomic E-state index is 11.9. The number of methoxy groups -OCH3 is 1. The minimum Gasteiger partial charge on any atom is -0.496 e. The van der Waals surface area contributed by atoms with Crippen molar-refractivity contribution in [2.75, 3.05) is 20.7 Å². The van der Waals surface area contributed by atoms with Gasteiger partial charge in [-0.3, -0.25) is 4.79 Å². The number of urea groups is 1. The van der Waals surface area contributed by atoms with Gasteiger partial charge in [0, 0.05) is 20.1 Å². The van der Waals surface area contributed by atoms with Crippen molar-refractivity contribution in [3.8, 4) is 5.75 Å². The number of hydrogen-bond donors (Lipinski definition) is 2. The molecule has 0 aliphatic carbocycles. The molecule has 0 heterocycles. The van der Waals surface area contributed by atoms with Gasteiger partial charge in [-0.05, 0) is 24.1 Å². The molecule has 2 N–H and O–H groups in total. The molecule has 0 fully saturated rings. The number of aliphatic carboxylic acids is 1. The Kier molecular flexibility index (Phi) is 6.02. The molecule has 2 amide bonds. The molecule has 0 radical (unpaired) electrons. The van der Waals surface area contributed by atoms with Crippen LogP contribution >= 0.6 is 0 Å². The van der Waals surface area contributed by atoms with Crippen LogP contribution in [-0.2, 0) is 11.3 Å². The second kappa shape index (κ2) is 7.52. The first-order chi connectivity index (χ1) is 9.85. The van der Waals surface area contributed by atoms with Crippen LogP contribution in [-0.4, -0.2) is 42.7 Å². The Hall–Kier alpha value is -2.24.